The summed E-state index contributed by atoms with van der Waals surface area (Å²) in [5, 5.41) is 0. The molecule has 0 aromatic rings. The van der Waals surface area contributed by atoms with E-state index in [1.54, 1.807) is 20.8 Å². The molecule has 2 N–H and O–H groups in total. The average Bonchev–Trinajstić information content (AvgIpc) is 2.47. The van der Waals surface area contributed by atoms with Crippen molar-refractivity contribution in [3.8, 4) is 0 Å². The molecule has 0 saturated carbocycles. The number of imide groups is 1. The average molecular weight is 242 g/mol. The largest absolute Gasteiger partial charge is 0.458 e. The Balaban J connectivity index is 2.81. The summed E-state index contributed by atoms with van der Waals surface area (Å²) < 4.78 is 5.13. The lowest BCUT2D eigenvalue weighted by atomic mass is 10.2. The summed E-state index contributed by atoms with van der Waals surface area (Å²) in [4.78, 5) is 35.7. The van der Waals surface area contributed by atoms with Crippen molar-refractivity contribution in [3.05, 3.63) is 0 Å². The molecule has 0 aromatic heterocycles. The van der Waals surface area contributed by atoms with Gasteiger partial charge in [-0.2, -0.15) is 0 Å². The summed E-state index contributed by atoms with van der Waals surface area (Å²) in [5.41, 5.74) is 4.78. The number of likely N-dealkylation sites (tertiary alicyclic amines) is 1. The first kappa shape index (κ1) is 13.6. The Morgan fingerprint density at radius 2 is 1.82 bits per heavy atom. The number of nitrogens with zero attached hydrogens (tertiary/aromatic N) is 1. The molecule has 0 unspecified atom stereocenters. The Labute approximate surface area is 100 Å². The van der Waals surface area contributed by atoms with Crippen LogP contribution in [0.2, 0.25) is 0 Å². The van der Waals surface area contributed by atoms with Gasteiger partial charge in [-0.1, -0.05) is 0 Å². The summed E-state index contributed by atoms with van der Waals surface area (Å²) in [7, 11) is 0. The number of hydrogen-bond donors (Lipinski definition) is 1. The van der Waals surface area contributed by atoms with E-state index in [0.29, 0.717) is 0 Å². The minimum absolute atomic E-state index is 0.119. The molecular formula is C11H18N2O4. The Morgan fingerprint density at radius 1 is 1.35 bits per heavy atom. The first-order chi connectivity index (χ1) is 7.76. The normalized spacial score (nSPS) is 18.5. The van der Waals surface area contributed by atoms with Gasteiger partial charge in [0.2, 0.25) is 11.8 Å². The molecule has 6 heteroatoms. The molecule has 1 heterocycles. The zero-order valence-electron chi connectivity index (χ0n) is 10.4. The van der Waals surface area contributed by atoms with Crippen LogP contribution >= 0.6 is 0 Å². The molecule has 0 bridgehead atoms. The van der Waals surface area contributed by atoms with Crippen LogP contribution in [-0.4, -0.2) is 40.9 Å². The van der Waals surface area contributed by atoms with Gasteiger partial charge in [-0.25, -0.2) is 4.79 Å². The van der Waals surface area contributed by atoms with Crippen LogP contribution in [0.15, 0.2) is 0 Å². The van der Waals surface area contributed by atoms with E-state index in [1.165, 1.54) is 0 Å². The smallest absolute Gasteiger partial charge is 0.331 e. The quantitative estimate of drug-likeness (QED) is 0.547. The van der Waals surface area contributed by atoms with Gasteiger partial charge in [0.1, 0.15) is 11.6 Å². The lowest BCUT2D eigenvalue weighted by Gasteiger charge is -2.27. The van der Waals surface area contributed by atoms with E-state index < -0.39 is 17.6 Å². The molecule has 1 aliphatic rings. The zero-order valence-corrected chi connectivity index (χ0v) is 10.4. The van der Waals surface area contributed by atoms with Gasteiger partial charge in [-0.15, -0.1) is 0 Å². The third kappa shape index (κ3) is 3.26. The van der Waals surface area contributed by atoms with Gasteiger partial charge in [0.15, 0.2) is 0 Å². The maximum atomic E-state index is 11.8. The highest BCUT2D eigenvalue weighted by Gasteiger charge is 2.39. The first-order valence-electron chi connectivity index (χ1n) is 5.54. The maximum Gasteiger partial charge on any atom is 0.331 e. The third-order valence-electron chi connectivity index (χ3n) is 2.30. The second kappa shape index (κ2) is 4.83. The molecule has 1 rings (SSSR count). The van der Waals surface area contributed by atoms with Crippen molar-refractivity contribution in [1.82, 2.24) is 4.90 Å². The van der Waals surface area contributed by atoms with E-state index in [-0.39, 0.29) is 31.2 Å². The lowest BCUT2D eigenvalue weighted by Crippen LogP contribution is -2.50. The van der Waals surface area contributed by atoms with Gasteiger partial charge in [-0.3, -0.25) is 14.5 Å². The number of esters is 1. The van der Waals surface area contributed by atoms with E-state index in [0.717, 1.165) is 4.90 Å². The Hall–Kier alpha value is -1.43. The molecule has 96 valence electrons. The zero-order chi connectivity index (χ0) is 13.2. The van der Waals surface area contributed by atoms with Gasteiger partial charge in [0.25, 0.3) is 0 Å². The molecule has 17 heavy (non-hydrogen) atoms. The van der Waals surface area contributed by atoms with Crippen LogP contribution in [-0.2, 0) is 19.1 Å². The highest BCUT2D eigenvalue weighted by molar-refractivity contribution is 6.05. The van der Waals surface area contributed by atoms with Crippen molar-refractivity contribution in [1.29, 1.82) is 0 Å². The highest BCUT2D eigenvalue weighted by Crippen LogP contribution is 2.18. The van der Waals surface area contributed by atoms with Crippen LogP contribution in [0.4, 0.5) is 0 Å². The third-order valence-corrected chi connectivity index (χ3v) is 2.30. The van der Waals surface area contributed by atoms with Gasteiger partial charge in [-0.05, 0) is 20.8 Å². The van der Waals surface area contributed by atoms with Crippen molar-refractivity contribution < 1.29 is 19.1 Å². The van der Waals surface area contributed by atoms with Gasteiger partial charge >= 0.3 is 5.97 Å². The predicted octanol–water partition coefficient (Wildman–Crippen LogP) is -0.196. The number of rotatable bonds is 3. The van der Waals surface area contributed by atoms with Gasteiger partial charge in [0, 0.05) is 19.4 Å². The number of ether oxygens (including phenoxy) is 1. The van der Waals surface area contributed by atoms with Crippen LogP contribution in [0.3, 0.4) is 0 Å². The molecule has 0 spiro atoms. The topological polar surface area (TPSA) is 89.7 Å². The molecule has 1 aliphatic heterocycles. The van der Waals surface area contributed by atoms with Gasteiger partial charge in [0.05, 0.1) is 0 Å². The van der Waals surface area contributed by atoms with Crippen LogP contribution in [0, 0.1) is 0 Å². The Morgan fingerprint density at radius 3 is 2.18 bits per heavy atom. The highest BCUT2D eigenvalue weighted by atomic mass is 16.6. The number of carbonyl (C=O) groups excluding carboxylic acids is 3. The van der Waals surface area contributed by atoms with E-state index >= 15 is 0 Å². The summed E-state index contributed by atoms with van der Waals surface area (Å²) in [6, 6.07) is -1.00. The van der Waals surface area contributed by atoms with Crippen molar-refractivity contribution in [3.63, 3.8) is 0 Å². The fourth-order valence-corrected chi connectivity index (χ4v) is 1.62. The van der Waals surface area contributed by atoms with E-state index in [2.05, 4.69) is 0 Å². The SMILES string of the molecule is CC(C)(C)OC(=O)[C@H](CN)N1C(=O)CCC1=O. The fourth-order valence-electron chi connectivity index (χ4n) is 1.62. The van der Waals surface area contributed by atoms with E-state index in [1.807, 2.05) is 0 Å². The van der Waals surface area contributed by atoms with E-state index in [4.69, 9.17) is 10.5 Å². The second-order valence-corrected chi connectivity index (χ2v) is 4.94. The predicted molar refractivity (Wildman–Crippen MR) is 59.8 cm³/mol. The molecule has 6 nitrogen and oxygen atoms in total. The van der Waals surface area contributed by atoms with Crippen LogP contribution in [0.25, 0.3) is 0 Å². The standard InChI is InChI=1S/C11H18N2O4/c1-11(2,3)17-10(16)7(6-12)13-8(14)4-5-9(13)15/h7H,4-6,12H2,1-3H3/t7-/m0/s1. The van der Waals surface area contributed by atoms with Crippen molar-refractivity contribution in [2.24, 2.45) is 5.73 Å². The molecule has 1 fully saturated rings. The van der Waals surface area contributed by atoms with Crippen LogP contribution < -0.4 is 5.73 Å². The number of carbonyl (C=O) groups is 3. The maximum absolute atomic E-state index is 11.8. The molecule has 0 aromatic carbocycles. The van der Waals surface area contributed by atoms with Crippen molar-refractivity contribution in [2.75, 3.05) is 6.54 Å². The fraction of sp³-hybridized carbons (Fsp3) is 0.727. The summed E-state index contributed by atoms with van der Waals surface area (Å²) in [6.45, 7) is 5.02. The molecule has 0 radical (unpaired) electrons. The number of hydrogen-bond acceptors (Lipinski definition) is 5. The van der Waals surface area contributed by atoms with Crippen molar-refractivity contribution in [2.45, 2.75) is 45.3 Å². The minimum Gasteiger partial charge on any atom is -0.458 e. The summed E-state index contributed by atoms with van der Waals surface area (Å²) in [6.07, 6.45) is 0.274. The minimum atomic E-state index is -1.00. The molecular weight excluding hydrogens is 224 g/mol. The van der Waals surface area contributed by atoms with Crippen LogP contribution in [0.5, 0.6) is 0 Å². The molecule has 0 aliphatic carbocycles. The van der Waals surface area contributed by atoms with Crippen LogP contribution in [0.1, 0.15) is 33.6 Å². The van der Waals surface area contributed by atoms with Gasteiger partial charge < -0.3 is 10.5 Å². The van der Waals surface area contributed by atoms with Crippen molar-refractivity contribution >= 4 is 17.8 Å². The first-order valence-corrected chi connectivity index (χ1v) is 5.54. The molecule has 1 saturated heterocycles. The Kier molecular flexibility index (Phi) is 3.87. The summed E-state index contributed by atoms with van der Waals surface area (Å²) >= 11 is 0. The molecule has 2 amide bonds. The second-order valence-electron chi connectivity index (χ2n) is 4.94. The summed E-state index contributed by atoms with van der Waals surface area (Å²) in [5.74, 6) is -1.36. The lowest BCUT2D eigenvalue weighted by molar-refractivity contribution is -0.166. The number of amides is 2. The van der Waals surface area contributed by atoms with E-state index in [9.17, 15) is 14.4 Å². The number of nitrogens with two attached hydrogens (primary N) is 1. The molecule has 1 atom stereocenters. The Bertz CT molecular complexity index is 330. The monoisotopic (exact) mass is 242 g/mol.